The number of nitrogens with zero attached hydrogens (tertiary/aromatic N) is 1. The molecule has 8 heteroatoms. The summed E-state index contributed by atoms with van der Waals surface area (Å²) in [4.78, 5) is 2.12. The molecular weight excluding hydrogens is 445 g/mol. The molecule has 2 aliphatic rings. The molecule has 4 N–H and O–H groups in total. The maximum Gasteiger partial charge on any atom is 0.127 e. The quantitative estimate of drug-likeness (QED) is 0.545. The van der Waals surface area contributed by atoms with Crippen LogP contribution in [0.25, 0.3) is 0 Å². The lowest BCUT2D eigenvalue weighted by molar-refractivity contribution is -0.231. The minimum atomic E-state index is -1.47. The summed E-state index contributed by atoms with van der Waals surface area (Å²) in [5.41, 5.74) is 3.32. The van der Waals surface area contributed by atoms with Gasteiger partial charge in [-0.15, -0.1) is 0 Å². The summed E-state index contributed by atoms with van der Waals surface area (Å²) in [6.07, 6.45) is -6.26. The molecule has 4 rings (SSSR count). The maximum atomic E-state index is 14.5. The molecule has 29 heavy (non-hydrogen) atoms. The molecule has 2 heterocycles. The second-order valence-electron chi connectivity index (χ2n) is 7.62. The smallest absolute Gasteiger partial charge is 0.127 e. The molecule has 0 radical (unpaired) electrons. The molecule has 5 atom stereocenters. The first-order valence-electron chi connectivity index (χ1n) is 9.46. The zero-order valence-electron chi connectivity index (χ0n) is 15.6. The average Bonchev–Trinajstić information content (AvgIpc) is 3.12. The molecule has 0 spiro atoms. The predicted molar refractivity (Wildman–Crippen MR) is 106 cm³/mol. The maximum absolute atomic E-state index is 14.5. The van der Waals surface area contributed by atoms with Gasteiger partial charge in [-0.25, -0.2) is 4.39 Å². The van der Waals surface area contributed by atoms with Gasteiger partial charge in [-0.1, -0.05) is 34.1 Å². The van der Waals surface area contributed by atoms with Crippen molar-refractivity contribution in [2.45, 2.75) is 50.2 Å². The Bertz CT molecular complexity index is 895. The molecule has 6 nitrogen and oxygen atoms in total. The molecule has 1 fully saturated rings. The molecule has 2 aromatic rings. The van der Waals surface area contributed by atoms with Gasteiger partial charge in [0.2, 0.25) is 0 Å². The molecule has 0 bridgehead atoms. The third-order valence-electron chi connectivity index (χ3n) is 5.68. The Kier molecular flexibility index (Phi) is 6.04. The van der Waals surface area contributed by atoms with Crippen molar-refractivity contribution in [3.63, 3.8) is 0 Å². The van der Waals surface area contributed by atoms with Crippen LogP contribution < -0.4 is 0 Å². The van der Waals surface area contributed by atoms with Crippen LogP contribution in [0.1, 0.15) is 28.4 Å². The number of aliphatic hydroxyl groups excluding tert-OH is 4. The molecule has 2 aromatic carbocycles. The number of fused-ring (bicyclic) bond motifs is 1. The summed E-state index contributed by atoms with van der Waals surface area (Å²) in [5, 5.41) is 39.7. The zero-order valence-corrected chi connectivity index (χ0v) is 17.2. The lowest BCUT2D eigenvalue weighted by Gasteiger charge is -2.40. The van der Waals surface area contributed by atoms with E-state index in [-0.39, 0.29) is 5.82 Å². The number of benzene rings is 2. The fraction of sp³-hybridized carbons (Fsp3) is 0.429. The van der Waals surface area contributed by atoms with E-state index >= 15 is 0 Å². The van der Waals surface area contributed by atoms with Crippen LogP contribution in [0.2, 0.25) is 0 Å². The Morgan fingerprint density at radius 2 is 1.86 bits per heavy atom. The molecular formula is C21H23BrFNO5. The van der Waals surface area contributed by atoms with Crippen molar-refractivity contribution in [2.75, 3.05) is 6.61 Å². The van der Waals surface area contributed by atoms with E-state index in [1.165, 1.54) is 23.3 Å². The van der Waals surface area contributed by atoms with Crippen LogP contribution in [-0.2, 0) is 24.4 Å². The minimum Gasteiger partial charge on any atom is -0.394 e. The molecule has 2 aliphatic heterocycles. The van der Waals surface area contributed by atoms with Crippen LogP contribution >= 0.6 is 15.9 Å². The third-order valence-corrected chi connectivity index (χ3v) is 6.42. The molecule has 0 aliphatic carbocycles. The fourth-order valence-electron chi connectivity index (χ4n) is 4.07. The Hall–Kier alpha value is -1.39. The van der Waals surface area contributed by atoms with E-state index in [0.29, 0.717) is 30.8 Å². The highest BCUT2D eigenvalue weighted by Gasteiger charge is 2.44. The van der Waals surface area contributed by atoms with Crippen LogP contribution in [-0.4, -0.2) is 56.3 Å². The summed E-state index contributed by atoms with van der Waals surface area (Å²) in [6.45, 7) is 1.27. The molecule has 0 amide bonds. The van der Waals surface area contributed by atoms with Gasteiger partial charge in [0, 0.05) is 29.7 Å². The third kappa shape index (κ3) is 3.98. The van der Waals surface area contributed by atoms with Crippen LogP contribution in [0.15, 0.2) is 40.9 Å². The highest BCUT2D eigenvalue weighted by atomic mass is 79.9. The summed E-state index contributed by atoms with van der Waals surface area (Å²) in [7, 11) is 0. The monoisotopic (exact) mass is 467 g/mol. The number of hydrogen-bond acceptors (Lipinski definition) is 6. The van der Waals surface area contributed by atoms with E-state index in [1.807, 2.05) is 12.1 Å². The van der Waals surface area contributed by atoms with Crippen molar-refractivity contribution >= 4 is 15.9 Å². The lowest BCUT2D eigenvalue weighted by atomic mass is 9.90. The zero-order chi connectivity index (χ0) is 20.7. The molecule has 0 saturated carbocycles. The number of aliphatic hydroxyl groups is 4. The first-order valence-corrected chi connectivity index (χ1v) is 10.3. The Morgan fingerprint density at radius 3 is 2.59 bits per heavy atom. The van der Waals surface area contributed by atoms with Crippen LogP contribution in [0.4, 0.5) is 4.39 Å². The van der Waals surface area contributed by atoms with Gasteiger partial charge in [0.15, 0.2) is 0 Å². The molecule has 0 aromatic heterocycles. The first-order chi connectivity index (χ1) is 13.9. The van der Waals surface area contributed by atoms with Gasteiger partial charge in [0.05, 0.1) is 6.61 Å². The first kappa shape index (κ1) is 20.9. The second kappa shape index (κ2) is 8.39. The van der Waals surface area contributed by atoms with Gasteiger partial charge in [-0.3, -0.25) is 4.90 Å². The number of halogens is 2. The van der Waals surface area contributed by atoms with Crippen molar-refractivity contribution in [2.24, 2.45) is 0 Å². The average molecular weight is 468 g/mol. The van der Waals surface area contributed by atoms with Crippen LogP contribution in [0.5, 0.6) is 0 Å². The Balaban J connectivity index is 1.55. The highest BCUT2D eigenvalue weighted by molar-refractivity contribution is 9.10. The van der Waals surface area contributed by atoms with Gasteiger partial charge in [-0.2, -0.15) is 0 Å². The summed E-state index contributed by atoms with van der Waals surface area (Å²) >= 11 is 3.56. The van der Waals surface area contributed by atoms with E-state index in [1.54, 1.807) is 6.07 Å². The van der Waals surface area contributed by atoms with E-state index in [0.717, 1.165) is 4.47 Å². The molecule has 156 valence electrons. The van der Waals surface area contributed by atoms with Crippen LogP contribution in [0, 0.1) is 5.82 Å². The largest absolute Gasteiger partial charge is 0.394 e. The van der Waals surface area contributed by atoms with Crippen molar-refractivity contribution in [1.82, 2.24) is 4.90 Å². The van der Waals surface area contributed by atoms with E-state index in [2.05, 4.69) is 26.9 Å². The molecule has 1 saturated heterocycles. The Labute approximate surface area is 176 Å². The molecule has 5 unspecified atom stereocenters. The topological polar surface area (TPSA) is 93.4 Å². The number of rotatable bonds is 4. The fourth-order valence-corrected chi connectivity index (χ4v) is 4.60. The highest BCUT2D eigenvalue weighted by Crippen LogP contribution is 2.34. The van der Waals surface area contributed by atoms with Crippen molar-refractivity contribution in [3.8, 4) is 0 Å². The second-order valence-corrected chi connectivity index (χ2v) is 8.48. The summed E-state index contributed by atoms with van der Waals surface area (Å²) in [6, 6.07) is 10.4. The summed E-state index contributed by atoms with van der Waals surface area (Å²) in [5.74, 6) is -0.367. The van der Waals surface area contributed by atoms with Gasteiger partial charge >= 0.3 is 0 Å². The van der Waals surface area contributed by atoms with Gasteiger partial charge in [0.25, 0.3) is 0 Å². The number of hydrogen-bond donors (Lipinski definition) is 4. The Morgan fingerprint density at radius 1 is 1.07 bits per heavy atom. The van der Waals surface area contributed by atoms with E-state index < -0.39 is 37.1 Å². The number of ether oxygens (including phenoxy) is 1. The van der Waals surface area contributed by atoms with Crippen molar-refractivity contribution < 1.29 is 29.6 Å². The normalized spacial score (nSPS) is 29.8. The van der Waals surface area contributed by atoms with Gasteiger partial charge in [0.1, 0.15) is 36.3 Å². The summed E-state index contributed by atoms with van der Waals surface area (Å²) < 4.78 is 21.1. The predicted octanol–water partition coefficient (Wildman–Crippen LogP) is 1.62. The van der Waals surface area contributed by atoms with E-state index in [4.69, 9.17) is 4.74 Å². The van der Waals surface area contributed by atoms with Crippen molar-refractivity contribution in [1.29, 1.82) is 0 Å². The SMILES string of the molecule is OCC1OC(c2ccc(F)c(CN3Cc4cccc(Br)c4C3)c2)C(O)C(O)C1O. The lowest BCUT2D eigenvalue weighted by Crippen LogP contribution is -2.55. The van der Waals surface area contributed by atoms with Crippen molar-refractivity contribution in [3.05, 3.63) is 68.9 Å². The standard InChI is InChI=1S/C21H23BrFNO5/c22-15-3-1-2-12-7-24(9-14(12)15)8-13-6-11(4-5-16(13)23)21-20(28)19(27)18(26)17(10-25)29-21/h1-6,17-21,25-28H,7-10H2. The minimum absolute atomic E-state index is 0.367. The van der Waals surface area contributed by atoms with Gasteiger partial charge < -0.3 is 25.2 Å². The van der Waals surface area contributed by atoms with Crippen LogP contribution in [0.3, 0.4) is 0 Å². The van der Waals surface area contributed by atoms with E-state index in [9.17, 15) is 24.8 Å². The van der Waals surface area contributed by atoms with Gasteiger partial charge in [-0.05, 0) is 34.9 Å².